The van der Waals surface area contributed by atoms with Gasteiger partial charge in [0, 0.05) is 54.8 Å². The number of nitrogens with zero attached hydrogens (tertiary/aromatic N) is 3. The minimum absolute atomic E-state index is 0. The number of ether oxygens (including phenoxy) is 1. The van der Waals surface area contributed by atoms with Gasteiger partial charge in [0.05, 0.1) is 0 Å². The van der Waals surface area contributed by atoms with Crippen LogP contribution in [0.5, 0.6) is 10.8 Å². The molecule has 0 unspecified atom stereocenters. The van der Waals surface area contributed by atoms with E-state index >= 15 is 0 Å². The molecule has 0 radical (unpaired) electrons. The maximum atomic E-state index is 6.47. The minimum atomic E-state index is 0. The zero-order valence-electron chi connectivity index (χ0n) is 24.6. The van der Waals surface area contributed by atoms with E-state index in [1.807, 2.05) is 18.3 Å². The van der Waals surface area contributed by atoms with Crippen molar-refractivity contribution in [1.82, 2.24) is 4.98 Å². The van der Waals surface area contributed by atoms with Gasteiger partial charge in [-0.25, -0.2) is 0 Å². The molecule has 1 aliphatic rings. The van der Waals surface area contributed by atoms with Crippen LogP contribution in [0.25, 0.3) is 42.2 Å². The molecular weight excluding hydrogens is 762 g/mol. The zero-order chi connectivity index (χ0) is 29.3. The molecule has 222 valence electrons. The number of hydrogen-bond donors (Lipinski definition) is 0. The summed E-state index contributed by atoms with van der Waals surface area (Å²) in [6, 6.07) is 34.9. The monoisotopic (exact) mass is 789 g/mol. The van der Waals surface area contributed by atoms with Crippen molar-refractivity contribution in [2.75, 3.05) is 16.8 Å². The molecule has 7 aromatic rings. The summed E-state index contributed by atoms with van der Waals surface area (Å²) < 4.78 is 8.87. The number of anilines is 3. The minimum Gasteiger partial charge on any atom is -0.504 e. The van der Waals surface area contributed by atoms with E-state index in [-0.39, 0.29) is 26.5 Å². The number of thiophene rings is 2. The number of para-hydroxylation sites is 2. The van der Waals surface area contributed by atoms with E-state index in [0.717, 1.165) is 38.4 Å². The Hall–Kier alpha value is -3.70. The summed E-state index contributed by atoms with van der Waals surface area (Å²) in [7, 11) is 2.06. The van der Waals surface area contributed by atoms with Crippen LogP contribution in [0.4, 0.5) is 17.1 Å². The maximum absolute atomic E-state index is 6.47. The Labute approximate surface area is 279 Å². The molecule has 4 nitrogen and oxygen atoms in total. The van der Waals surface area contributed by atoms with E-state index in [1.165, 1.54) is 26.4 Å². The predicted molar refractivity (Wildman–Crippen MR) is 182 cm³/mol. The second kappa shape index (κ2) is 11.0. The van der Waals surface area contributed by atoms with Gasteiger partial charge in [0.2, 0.25) is 0 Å². The number of rotatable bonds is 4. The van der Waals surface area contributed by atoms with Gasteiger partial charge in [0.1, 0.15) is 5.06 Å². The molecule has 4 aromatic carbocycles. The first-order valence-corrected chi connectivity index (χ1v) is 15.9. The molecule has 4 heterocycles. The molecule has 44 heavy (non-hydrogen) atoms. The van der Waals surface area contributed by atoms with Crippen molar-refractivity contribution < 1.29 is 25.8 Å². The summed E-state index contributed by atoms with van der Waals surface area (Å²) in [6.45, 7) is 8.80. The molecule has 7 heteroatoms. The number of fused-ring (bicyclic) bond motifs is 4. The van der Waals surface area contributed by atoms with Crippen LogP contribution >= 0.6 is 22.7 Å². The first-order valence-electron chi connectivity index (χ1n) is 14.2. The smallest absolute Gasteiger partial charge is 0.107 e. The van der Waals surface area contributed by atoms with Crippen LogP contribution < -0.4 is 14.5 Å². The van der Waals surface area contributed by atoms with Crippen molar-refractivity contribution in [3.05, 3.63) is 115 Å². The Morgan fingerprint density at radius 1 is 0.864 bits per heavy atom. The Balaban J connectivity index is 0.00000312. The van der Waals surface area contributed by atoms with Crippen LogP contribution in [0.15, 0.2) is 90.4 Å². The number of pyridine rings is 1. The standard InChI is InChI=1S/C37H28N3OS2.Pt/c1-37(2,3)25-12-14-38-30(19-25)36-28-16-23-13-15-42-33(23)17-24(28)18-34-29(36)21-35(43-34)41-27-9-7-8-26(20-27)40-22-39(4)31-10-5-6-11-32(31)40;/h5-19,22H,1-4H3;/q-3;. The van der Waals surface area contributed by atoms with Gasteiger partial charge in [-0.15, -0.1) is 41.3 Å². The molecule has 0 N–H and O–H groups in total. The summed E-state index contributed by atoms with van der Waals surface area (Å²) in [5.74, 6) is 0.653. The van der Waals surface area contributed by atoms with Crippen LogP contribution in [-0.2, 0) is 26.5 Å². The first-order chi connectivity index (χ1) is 20.8. The molecule has 0 bridgehead atoms. The van der Waals surface area contributed by atoms with Crippen molar-refractivity contribution in [3.8, 4) is 22.1 Å². The number of hydrogen-bond acceptors (Lipinski definition) is 6. The third-order valence-electron chi connectivity index (χ3n) is 8.01. The van der Waals surface area contributed by atoms with Crippen molar-refractivity contribution in [1.29, 1.82) is 0 Å². The molecule has 3 aromatic heterocycles. The van der Waals surface area contributed by atoms with E-state index in [0.29, 0.717) is 10.8 Å². The van der Waals surface area contributed by atoms with Crippen LogP contribution in [0, 0.1) is 18.8 Å². The molecule has 8 rings (SSSR count). The molecule has 0 atom stereocenters. The van der Waals surface area contributed by atoms with Crippen LogP contribution in [-0.4, -0.2) is 12.0 Å². The summed E-state index contributed by atoms with van der Waals surface area (Å²) in [5, 5.41) is 7.51. The quantitative estimate of drug-likeness (QED) is 0.166. The third-order valence-corrected chi connectivity index (χ3v) is 9.81. The Morgan fingerprint density at radius 2 is 1.68 bits per heavy atom. The van der Waals surface area contributed by atoms with Gasteiger partial charge in [0.15, 0.2) is 0 Å². The number of aromatic nitrogens is 1. The normalized spacial score (nSPS) is 13.1. The van der Waals surface area contributed by atoms with E-state index < -0.39 is 0 Å². The Bertz CT molecular complexity index is 2180. The number of benzene rings is 4. The third kappa shape index (κ3) is 4.99. The van der Waals surface area contributed by atoms with Gasteiger partial charge in [-0.05, 0) is 70.6 Å². The molecular formula is C37H28N3OPtS2-3. The largest absolute Gasteiger partial charge is 0.504 e. The first kappa shape index (κ1) is 29.0. The van der Waals surface area contributed by atoms with Crippen LogP contribution in [0.3, 0.4) is 0 Å². The Kier molecular flexibility index (Phi) is 7.28. The fraction of sp³-hybridized carbons (Fsp3) is 0.135. The van der Waals surface area contributed by atoms with Gasteiger partial charge >= 0.3 is 0 Å². The molecule has 0 aliphatic carbocycles. The molecule has 0 fully saturated rings. The van der Waals surface area contributed by atoms with E-state index in [2.05, 4.69) is 129 Å². The molecule has 0 spiro atoms. The molecule has 0 saturated carbocycles. The second-order valence-electron chi connectivity index (χ2n) is 11.9. The summed E-state index contributed by atoms with van der Waals surface area (Å²) >= 11 is 3.38. The van der Waals surface area contributed by atoms with Gasteiger partial charge in [0.25, 0.3) is 0 Å². The van der Waals surface area contributed by atoms with E-state index in [9.17, 15) is 0 Å². The summed E-state index contributed by atoms with van der Waals surface area (Å²) in [5.41, 5.74) is 6.52. The SMILES string of the molecule is CN1[CH-]N(c2[c-]c(Oc3[c-]c4c(-c5cc(C(C)(C)C)ccn5)c5cc6ccsc6cc5cc4s3)ccc2)c2ccccc21.[Pt]. The van der Waals surface area contributed by atoms with Crippen molar-refractivity contribution in [2.45, 2.75) is 26.2 Å². The average Bonchev–Trinajstić information content (AvgIpc) is 3.71. The summed E-state index contributed by atoms with van der Waals surface area (Å²) in [4.78, 5) is 9.15. The van der Waals surface area contributed by atoms with Crippen molar-refractivity contribution >= 4 is 70.7 Å². The van der Waals surface area contributed by atoms with Gasteiger partial charge < -0.3 is 14.5 Å². The predicted octanol–water partition coefficient (Wildman–Crippen LogP) is 10.7. The van der Waals surface area contributed by atoms with E-state index in [1.54, 1.807) is 22.7 Å². The zero-order valence-corrected chi connectivity index (χ0v) is 28.5. The molecule has 0 saturated heterocycles. The molecule has 1 aliphatic heterocycles. The fourth-order valence-corrected chi connectivity index (χ4v) is 7.55. The topological polar surface area (TPSA) is 28.6 Å². The van der Waals surface area contributed by atoms with Gasteiger partial charge in [-0.3, -0.25) is 4.98 Å². The summed E-state index contributed by atoms with van der Waals surface area (Å²) in [6.07, 6.45) is 1.93. The van der Waals surface area contributed by atoms with Crippen LogP contribution in [0.2, 0.25) is 0 Å². The average molecular weight is 790 g/mol. The Morgan fingerprint density at radius 3 is 2.52 bits per heavy atom. The second-order valence-corrected chi connectivity index (χ2v) is 13.9. The van der Waals surface area contributed by atoms with Gasteiger partial charge in [-0.1, -0.05) is 60.7 Å². The van der Waals surface area contributed by atoms with E-state index in [4.69, 9.17) is 9.72 Å². The molecule has 0 amide bonds. The van der Waals surface area contributed by atoms with Crippen molar-refractivity contribution in [3.63, 3.8) is 0 Å². The fourth-order valence-electron chi connectivity index (χ4n) is 5.80. The maximum Gasteiger partial charge on any atom is 0.107 e. The van der Waals surface area contributed by atoms with Crippen LogP contribution in [0.1, 0.15) is 26.3 Å². The van der Waals surface area contributed by atoms with Gasteiger partial charge in [-0.2, -0.15) is 29.5 Å². The van der Waals surface area contributed by atoms with Crippen molar-refractivity contribution in [2.24, 2.45) is 0 Å².